The first kappa shape index (κ1) is 30.0. The zero-order chi connectivity index (χ0) is 23.8. The zero-order valence-corrected chi connectivity index (χ0v) is 25.4. The molecule has 0 amide bonds. The van der Waals surface area contributed by atoms with Gasteiger partial charge in [-0.1, -0.05) is 96.1 Å². The molecule has 0 nitrogen and oxygen atoms in total. The van der Waals surface area contributed by atoms with Crippen molar-refractivity contribution in [2.75, 3.05) is 0 Å². The molecule has 0 aliphatic heterocycles. The minimum absolute atomic E-state index is 0. The Morgan fingerprint density at radius 3 is 1.81 bits per heavy atom. The predicted molar refractivity (Wildman–Crippen MR) is 147 cm³/mol. The molecule has 0 N–H and O–H groups in total. The average Bonchev–Trinajstić information content (AvgIpc) is 3.52. The van der Waals surface area contributed by atoms with E-state index >= 15 is 0 Å². The minimum Gasteiger partial charge on any atom is -1.00 e. The quantitative estimate of drug-likeness (QED) is 0.211. The van der Waals surface area contributed by atoms with E-state index in [1.54, 1.807) is 23.3 Å². The normalized spacial score (nSPS) is 9.67. The van der Waals surface area contributed by atoms with Crippen molar-refractivity contribution in [2.45, 2.75) is 13.1 Å². The molecule has 0 aromatic heterocycles. The van der Waals surface area contributed by atoms with Crippen molar-refractivity contribution in [3.8, 4) is 22.3 Å². The molecule has 0 bridgehead atoms. The molecule has 0 fully saturated rings. The van der Waals surface area contributed by atoms with E-state index < -0.39 is 0 Å². The van der Waals surface area contributed by atoms with Gasteiger partial charge < -0.3 is 24.8 Å². The van der Waals surface area contributed by atoms with Gasteiger partial charge in [-0.25, -0.2) is 0 Å². The Kier molecular flexibility index (Phi) is 12.6. The summed E-state index contributed by atoms with van der Waals surface area (Å²) in [4.78, 5) is 0. The van der Waals surface area contributed by atoms with E-state index in [9.17, 15) is 0 Å². The fraction of sp³-hybridized carbons (Fsp3) is 0.0625. The molecule has 36 heavy (non-hydrogen) atoms. The molecular weight excluding hydrogens is 575 g/mol. The Labute approximate surface area is 242 Å². The van der Waals surface area contributed by atoms with E-state index in [0.29, 0.717) is 0 Å². The van der Waals surface area contributed by atoms with Crippen molar-refractivity contribution in [1.29, 1.82) is 0 Å². The van der Waals surface area contributed by atoms with Crippen LogP contribution in [0.3, 0.4) is 0 Å². The van der Waals surface area contributed by atoms with E-state index in [0.717, 1.165) is 0 Å². The molecule has 6 aromatic rings. The molecule has 180 valence electrons. The maximum atomic E-state index is 2.31. The molecule has 0 atom stereocenters. The third kappa shape index (κ3) is 8.15. The van der Waals surface area contributed by atoms with Crippen LogP contribution in [-0.2, 0) is 23.3 Å². The summed E-state index contributed by atoms with van der Waals surface area (Å²) in [5, 5.41) is 5.28. The molecule has 0 aliphatic carbocycles. The van der Waals surface area contributed by atoms with Crippen LogP contribution >= 0.6 is 0 Å². The van der Waals surface area contributed by atoms with E-state index in [2.05, 4.69) is 140 Å². The fourth-order valence-corrected chi connectivity index (χ4v) is 3.98. The predicted octanol–water partition coefficient (Wildman–Crippen LogP) is 3.24. The molecule has 0 radical (unpaired) electrons. The first-order valence-electron chi connectivity index (χ1n) is 11.5. The van der Waals surface area contributed by atoms with Crippen molar-refractivity contribution < 1.29 is 48.1 Å². The van der Waals surface area contributed by atoms with Gasteiger partial charge in [0.05, 0.1) is 0 Å². The van der Waals surface area contributed by atoms with Crippen molar-refractivity contribution in [3.05, 3.63) is 133 Å². The first-order chi connectivity index (χ1) is 16.6. The summed E-state index contributed by atoms with van der Waals surface area (Å²) < 4.78 is 0. The van der Waals surface area contributed by atoms with Gasteiger partial charge in [-0.2, -0.15) is 12.1 Å². The molecule has 0 saturated carbocycles. The van der Waals surface area contributed by atoms with Gasteiger partial charge in [0.15, 0.2) is 0 Å². The first-order valence-corrected chi connectivity index (χ1v) is 17.7. The van der Waals surface area contributed by atoms with E-state index in [1.165, 1.54) is 43.8 Å². The van der Waals surface area contributed by atoms with Gasteiger partial charge in [0.1, 0.15) is 0 Å². The Bertz CT molecular complexity index is 1450. The summed E-state index contributed by atoms with van der Waals surface area (Å²) in [7, 11) is 0. The van der Waals surface area contributed by atoms with Gasteiger partial charge in [0.2, 0.25) is 0 Å². The van der Waals surface area contributed by atoms with Gasteiger partial charge in [-0.3, -0.25) is 0 Å². The Balaban J connectivity index is 0.000000211. The van der Waals surface area contributed by atoms with Gasteiger partial charge in [-0.05, 0) is 5.56 Å². The SMILES string of the molecule is C[Si](C)=[Zr+2].[Cl-].[Cl-].c1ccc(-c2cc3ccccc3[cH-]2)cc1.c1ccc(-c2cccc3[cH-]ccc23)cc1. The monoisotopic (exact) mass is 600 g/mol. The maximum absolute atomic E-state index is 2.31. The fourth-order valence-electron chi connectivity index (χ4n) is 3.98. The number of hydrogen-bond donors (Lipinski definition) is 0. The van der Waals surface area contributed by atoms with E-state index in [-0.39, 0.29) is 30.2 Å². The summed E-state index contributed by atoms with van der Waals surface area (Å²) in [5.41, 5.74) is 5.40. The molecule has 6 rings (SSSR count). The van der Waals surface area contributed by atoms with Crippen LogP contribution in [0.1, 0.15) is 0 Å². The number of fused-ring (bicyclic) bond motifs is 2. The zero-order valence-electron chi connectivity index (χ0n) is 20.5. The molecule has 0 unspecified atom stereocenters. The molecule has 0 heterocycles. The number of rotatable bonds is 2. The van der Waals surface area contributed by atoms with Crippen molar-refractivity contribution in [2.24, 2.45) is 0 Å². The van der Waals surface area contributed by atoms with Crippen molar-refractivity contribution in [3.63, 3.8) is 0 Å². The van der Waals surface area contributed by atoms with Crippen LogP contribution < -0.4 is 24.8 Å². The summed E-state index contributed by atoms with van der Waals surface area (Å²) >= 11 is 1.74. The molecule has 4 heteroatoms. The second-order valence-electron chi connectivity index (χ2n) is 8.44. The van der Waals surface area contributed by atoms with E-state index in [1.807, 2.05) is 6.07 Å². The third-order valence-corrected chi connectivity index (χ3v) is 5.49. The molecule has 0 saturated heterocycles. The van der Waals surface area contributed by atoms with Crippen molar-refractivity contribution in [1.82, 2.24) is 0 Å². The number of benzene rings is 4. The average molecular weight is 603 g/mol. The molecular formula is C32H28Cl2SiZr-2. The van der Waals surface area contributed by atoms with Crippen LogP contribution in [-0.4, -0.2) is 5.43 Å². The number of hydrogen-bond acceptors (Lipinski definition) is 0. The van der Waals surface area contributed by atoms with Crippen LogP contribution in [0.25, 0.3) is 43.8 Å². The largest absolute Gasteiger partial charge is 1.00 e. The van der Waals surface area contributed by atoms with Crippen LogP contribution in [0.5, 0.6) is 0 Å². The second kappa shape index (κ2) is 15.1. The smallest absolute Gasteiger partial charge is 0.0279 e. The molecule has 0 spiro atoms. The van der Waals surface area contributed by atoms with Gasteiger partial charge in [0.25, 0.3) is 0 Å². The maximum Gasteiger partial charge on any atom is -0.0279 e. The minimum atomic E-state index is 0. The third-order valence-electron chi connectivity index (χ3n) is 5.49. The Hall–Kier alpha value is -2.22. The van der Waals surface area contributed by atoms with Gasteiger partial charge >= 0.3 is 41.9 Å². The van der Waals surface area contributed by atoms with Crippen LogP contribution in [0, 0.1) is 0 Å². The Morgan fingerprint density at radius 1 is 0.611 bits per heavy atom. The summed E-state index contributed by atoms with van der Waals surface area (Å²) in [6.45, 7) is 4.62. The van der Waals surface area contributed by atoms with Gasteiger partial charge in [-0.15, -0.1) is 63.5 Å². The molecule has 6 aromatic carbocycles. The van der Waals surface area contributed by atoms with E-state index in [4.69, 9.17) is 0 Å². The van der Waals surface area contributed by atoms with Crippen molar-refractivity contribution >= 4 is 27.0 Å². The van der Waals surface area contributed by atoms with Crippen LogP contribution in [0.2, 0.25) is 13.1 Å². The second-order valence-corrected chi connectivity index (χ2v) is 17.8. The van der Waals surface area contributed by atoms with Crippen LogP contribution in [0.15, 0.2) is 133 Å². The van der Waals surface area contributed by atoms with Crippen LogP contribution in [0.4, 0.5) is 0 Å². The summed E-state index contributed by atoms with van der Waals surface area (Å²) in [6.07, 6.45) is 0. The Morgan fingerprint density at radius 2 is 1.17 bits per heavy atom. The summed E-state index contributed by atoms with van der Waals surface area (Å²) in [6, 6.07) is 46.9. The summed E-state index contributed by atoms with van der Waals surface area (Å²) in [5.74, 6) is 0. The van der Waals surface area contributed by atoms with Gasteiger partial charge in [0, 0.05) is 0 Å². The number of halogens is 2. The topological polar surface area (TPSA) is 0 Å². The molecule has 0 aliphatic rings. The standard InChI is InChI=1S/2C15H11.C2H6Si.2ClH.Zr/c1-2-6-12(7-3-1)14-10-4-8-13-9-5-11-15(13)14;1-2-6-12(7-3-1)15-10-13-8-4-5-9-14(13)11-15;1-3-2;;;/h2*1-11H;1-2H3;2*1H;/q2*-1;;;;+2/p-2.